The summed E-state index contributed by atoms with van der Waals surface area (Å²) in [6, 6.07) is 27.1. The van der Waals surface area contributed by atoms with Gasteiger partial charge in [0.15, 0.2) is 0 Å². The summed E-state index contributed by atoms with van der Waals surface area (Å²) in [6.07, 6.45) is 1.47. The van der Waals surface area contributed by atoms with Crippen LogP contribution in [0, 0.1) is 6.92 Å². The highest BCUT2D eigenvalue weighted by Crippen LogP contribution is 2.31. The Labute approximate surface area is 226 Å². The van der Waals surface area contributed by atoms with Gasteiger partial charge in [-0.2, -0.15) is 5.10 Å². The molecule has 0 fully saturated rings. The normalized spacial score (nSPS) is 11.4. The molecule has 9 heteroatoms. The van der Waals surface area contributed by atoms with Crippen LogP contribution in [-0.2, 0) is 16.6 Å². The summed E-state index contributed by atoms with van der Waals surface area (Å²) in [6.45, 7) is 1.88. The molecule has 0 unspecified atom stereocenters. The number of anilines is 1. The van der Waals surface area contributed by atoms with Crippen molar-refractivity contribution in [2.75, 3.05) is 4.31 Å². The largest absolute Gasteiger partial charge is 0.271 e. The SMILES string of the molecule is Cc1ccc(Cl)cc1N(Cc1ccc(C(=O)N/N=C\c2ccccc2Cl)cc1)S(=O)(=O)c1ccccc1. The maximum Gasteiger partial charge on any atom is 0.271 e. The van der Waals surface area contributed by atoms with Crippen LogP contribution in [0.4, 0.5) is 5.69 Å². The standard InChI is InChI=1S/C28H23Cl2N3O3S/c1-20-11-16-24(29)17-27(20)33(37(35,36)25-8-3-2-4-9-25)19-21-12-14-22(15-13-21)28(34)32-31-18-23-7-5-6-10-26(23)30/h2-18H,19H2,1H3,(H,32,34)/b31-18-. The number of hydrazone groups is 1. The van der Waals surface area contributed by atoms with Crippen LogP contribution in [0.5, 0.6) is 0 Å². The van der Waals surface area contributed by atoms with Crippen molar-refractivity contribution in [3.05, 3.63) is 129 Å². The van der Waals surface area contributed by atoms with Gasteiger partial charge in [0, 0.05) is 21.2 Å². The van der Waals surface area contributed by atoms with Crippen LogP contribution in [0.2, 0.25) is 10.0 Å². The van der Waals surface area contributed by atoms with Crippen molar-refractivity contribution in [1.29, 1.82) is 0 Å². The Kier molecular flexibility index (Phi) is 8.28. The summed E-state index contributed by atoms with van der Waals surface area (Å²) in [5, 5.41) is 4.92. The predicted molar refractivity (Wildman–Crippen MR) is 149 cm³/mol. The second-order valence-corrected chi connectivity index (χ2v) is 10.9. The van der Waals surface area contributed by atoms with Crippen LogP contribution < -0.4 is 9.73 Å². The van der Waals surface area contributed by atoms with Crippen LogP contribution in [0.3, 0.4) is 0 Å². The third kappa shape index (κ3) is 6.38. The average Bonchev–Trinajstić information content (AvgIpc) is 2.90. The van der Waals surface area contributed by atoms with Crippen LogP contribution >= 0.6 is 23.2 Å². The van der Waals surface area contributed by atoms with Crippen molar-refractivity contribution in [3.63, 3.8) is 0 Å². The third-order valence-electron chi connectivity index (χ3n) is 5.59. The second-order valence-electron chi connectivity index (χ2n) is 8.17. The monoisotopic (exact) mass is 551 g/mol. The van der Waals surface area contributed by atoms with E-state index in [0.717, 1.165) is 5.56 Å². The maximum absolute atomic E-state index is 13.6. The minimum absolute atomic E-state index is 0.0466. The smallest absolute Gasteiger partial charge is 0.267 e. The Bertz CT molecular complexity index is 1540. The molecule has 0 radical (unpaired) electrons. The number of aryl methyl sites for hydroxylation is 1. The van der Waals surface area contributed by atoms with Gasteiger partial charge in [-0.25, -0.2) is 13.8 Å². The van der Waals surface area contributed by atoms with Crippen molar-refractivity contribution >= 4 is 51.0 Å². The topological polar surface area (TPSA) is 78.8 Å². The maximum atomic E-state index is 13.6. The number of sulfonamides is 1. The number of halogens is 2. The molecule has 0 aliphatic carbocycles. The van der Waals surface area contributed by atoms with Gasteiger partial charge in [0.1, 0.15) is 0 Å². The Morgan fingerprint density at radius 2 is 1.59 bits per heavy atom. The number of benzene rings is 4. The fraction of sp³-hybridized carbons (Fsp3) is 0.0714. The summed E-state index contributed by atoms with van der Waals surface area (Å²) >= 11 is 12.3. The fourth-order valence-corrected chi connectivity index (χ4v) is 5.48. The highest BCUT2D eigenvalue weighted by Gasteiger charge is 2.26. The third-order valence-corrected chi connectivity index (χ3v) is 7.94. The van der Waals surface area contributed by atoms with Crippen LogP contribution in [0.15, 0.2) is 107 Å². The lowest BCUT2D eigenvalue weighted by Crippen LogP contribution is -2.31. The molecule has 0 heterocycles. The van der Waals surface area contributed by atoms with Gasteiger partial charge in [-0.1, -0.05) is 77.8 Å². The van der Waals surface area contributed by atoms with E-state index < -0.39 is 15.9 Å². The summed E-state index contributed by atoms with van der Waals surface area (Å²) in [5.41, 5.74) is 5.45. The van der Waals surface area contributed by atoms with Gasteiger partial charge in [0.25, 0.3) is 15.9 Å². The molecule has 0 aliphatic rings. The molecule has 4 aromatic rings. The van der Waals surface area contributed by atoms with Crippen LogP contribution in [0.1, 0.15) is 27.0 Å². The summed E-state index contributed by atoms with van der Waals surface area (Å²) in [7, 11) is -3.89. The minimum Gasteiger partial charge on any atom is -0.267 e. The van der Waals surface area contributed by atoms with E-state index >= 15 is 0 Å². The van der Waals surface area contributed by atoms with E-state index in [4.69, 9.17) is 23.2 Å². The van der Waals surface area contributed by atoms with Crippen molar-refractivity contribution in [3.8, 4) is 0 Å². The van der Waals surface area contributed by atoms with Crippen LogP contribution in [0.25, 0.3) is 0 Å². The summed E-state index contributed by atoms with van der Waals surface area (Å²) < 4.78 is 28.6. The van der Waals surface area contributed by atoms with E-state index in [1.165, 1.54) is 10.5 Å². The Morgan fingerprint density at radius 1 is 0.919 bits per heavy atom. The van der Waals surface area contributed by atoms with E-state index in [1.807, 2.05) is 13.0 Å². The first-order chi connectivity index (χ1) is 17.8. The molecule has 0 saturated heterocycles. The van der Waals surface area contributed by atoms with Gasteiger partial charge in [-0.15, -0.1) is 0 Å². The van der Waals surface area contributed by atoms with Gasteiger partial charge in [0.2, 0.25) is 0 Å². The number of amides is 1. The number of nitrogens with one attached hydrogen (secondary N) is 1. The molecule has 1 N–H and O–H groups in total. The molecule has 4 rings (SSSR count). The number of rotatable bonds is 8. The Hall–Kier alpha value is -3.65. The van der Waals surface area contributed by atoms with Crippen molar-refractivity contribution in [2.45, 2.75) is 18.4 Å². The Morgan fingerprint density at radius 3 is 2.30 bits per heavy atom. The van der Waals surface area contributed by atoms with Gasteiger partial charge in [-0.3, -0.25) is 9.10 Å². The highest BCUT2D eigenvalue weighted by molar-refractivity contribution is 7.92. The highest BCUT2D eigenvalue weighted by atomic mass is 35.5. The molecule has 6 nitrogen and oxygen atoms in total. The van der Waals surface area contributed by atoms with Gasteiger partial charge >= 0.3 is 0 Å². The molecule has 0 saturated carbocycles. The zero-order valence-electron chi connectivity index (χ0n) is 19.8. The van der Waals surface area contributed by atoms with E-state index in [0.29, 0.717) is 32.4 Å². The number of hydrogen-bond acceptors (Lipinski definition) is 4. The van der Waals surface area contributed by atoms with E-state index in [9.17, 15) is 13.2 Å². The zero-order chi connectivity index (χ0) is 26.4. The minimum atomic E-state index is -3.89. The molecule has 37 heavy (non-hydrogen) atoms. The van der Waals surface area contributed by atoms with E-state index in [2.05, 4.69) is 10.5 Å². The van der Waals surface area contributed by atoms with Gasteiger partial charge in [-0.05, 0) is 60.5 Å². The molecular formula is C28H23Cl2N3O3S. The molecule has 0 aliphatic heterocycles. The van der Waals surface area contributed by atoms with Crippen molar-refractivity contribution in [2.24, 2.45) is 5.10 Å². The fourth-order valence-electron chi connectivity index (χ4n) is 3.60. The first-order valence-corrected chi connectivity index (χ1v) is 13.5. The van der Waals surface area contributed by atoms with E-state index in [-0.39, 0.29) is 11.4 Å². The first-order valence-electron chi connectivity index (χ1n) is 11.3. The lowest BCUT2D eigenvalue weighted by Gasteiger charge is -2.26. The van der Waals surface area contributed by atoms with Gasteiger partial charge in [0.05, 0.1) is 23.3 Å². The molecule has 4 aromatic carbocycles. The lowest BCUT2D eigenvalue weighted by atomic mass is 10.1. The second kappa shape index (κ2) is 11.6. The molecule has 0 atom stereocenters. The summed E-state index contributed by atoms with van der Waals surface area (Å²) in [5.74, 6) is -0.408. The molecule has 1 amide bonds. The molecule has 188 valence electrons. The number of carbonyl (C=O) groups excluding carboxylic acids is 1. The summed E-state index contributed by atoms with van der Waals surface area (Å²) in [4.78, 5) is 12.7. The average molecular weight is 552 g/mol. The first kappa shape index (κ1) is 26.4. The van der Waals surface area contributed by atoms with Crippen molar-refractivity contribution < 1.29 is 13.2 Å². The van der Waals surface area contributed by atoms with Crippen molar-refractivity contribution in [1.82, 2.24) is 5.43 Å². The lowest BCUT2D eigenvalue weighted by molar-refractivity contribution is 0.0955. The predicted octanol–water partition coefficient (Wildman–Crippen LogP) is 6.46. The number of hydrogen-bond donors (Lipinski definition) is 1. The van der Waals surface area contributed by atoms with Gasteiger partial charge < -0.3 is 0 Å². The van der Waals surface area contributed by atoms with E-state index in [1.54, 1.807) is 91.0 Å². The van der Waals surface area contributed by atoms with Crippen LogP contribution in [-0.4, -0.2) is 20.5 Å². The number of nitrogens with zero attached hydrogens (tertiary/aromatic N) is 2. The molecule has 0 bridgehead atoms. The molecular weight excluding hydrogens is 529 g/mol. The number of carbonyl (C=O) groups is 1. The zero-order valence-corrected chi connectivity index (χ0v) is 22.1. The Balaban J connectivity index is 1.56. The molecule has 0 aromatic heterocycles. The quantitative estimate of drug-likeness (QED) is 0.201. The molecule has 0 spiro atoms.